The maximum Gasteiger partial charge on any atom is 0.0914 e. The zero-order chi connectivity index (χ0) is 8.82. The maximum atomic E-state index is 9.90. The summed E-state index contributed by atoms with van der Waals surface area (Å²) < 4.78 is 0. The van der Waals surface area contributed by atoms with E-state index >= 15 is 0 Å². The van der Waals surface area contributed by atoms with Gasteiger partial charge in [-0.1, -0.05) is 12.2 Å². The van der Waals surface area contributed by atoms with E-state index < -0.39 is 11.2 Å². The molecule has 0 aromatic heterocycles. The average Bonchev–Trinajstić information content (AvgIpc) is 2.27. The van der Waals surface area contributed by atoms with Gasteiger partial charge in [-0.2, -0.15) is 0 Å². The molecule has 0 aliphatic heterocycles. The molecule has 0 saturated heterocycles. The van der Waals surface area contributed by atoms with Gasteiger partial charge in [-0.05, 0) is 6.42 Å². The molecule has 3 atom stereocenters. The Hall–Kier alpha value is -0.780. The SMILES string of the molecule is C#CCC1(O)CC2(O)C=CCC21. The summed E-state index contributed by atoms with van der Waals surface area (Å²) in [5, 5.41) is 19.7. The van der Waals surface area contributed by atoms with Crippen LogP contribution >= 0.6 is 0 Å². The fourth-order valence-electron chi connectivity index (χ4n) is 2.44. The summed E-state index contributed by atoms with van der Waals surface area (Å²) in [6.07, 6.45) is 10.3. The topological polar surface area (TPSA) is 40.5 Å². The minimum Gasteiger partial charge on any atom is -0.388 e. The van der Waals surface area contributed by atoms with Crippen LogP contribution in [0.3, 0.4) is 0 Å². The van der Waals surface area contributed by atoms with E-state index in [2.05, 4.69) is 5.92 Å². The Morgan fingerprint density at radius 1 is 1.58 bits per heavy atom. The highest BCUT2D eigenvalue weighted by Crippen LogP contribution is 2.54. The van der Waals surface area contributed by atoms with Gasteiger partial charge in [0.05, 0.1) is 11.2 Å². The highest BCUT2D eigenvalue weighted by Gasteiger charge is 2.61. The van der Waals surface area contributed by atoms with Crippen LogP contribution in [0.4, 0.5) is 0 Å². The largest absolute Gasteiger partial charge is 0.388 e. The first-order chi connectivity index (χ1) is 5.61. The highest BCUT2D eigenvalue weighted by atomic mass is 16.3. The molecular formula is C10H12O2. The lowest BCUT2D eigenvalue weighted by atomic mass is 9.58. The Labute approximate surface area is 71.9 Å². The van der Waals surface area contributed by atoms with Gasteiger partial charge in [0.25, 0.3) is 0 Å². The second-order valence-electron chi connectivity index (χ2n) is 3.84. The summed E-state index contributed by atoms with van der Waals surface area (Å²) in [5.41, 5.74) is -1.57. The van der Waals surface area contributed by atoms with Crippen molar-refractivity contribution >= 4 is 0 Å². The average molecular weight is 164 g/mol. The standard InChI is InChI=1S/C10H12O2/c1-2-5-9(11)7-10(12)6-3-4-8(9)10/h1,3,6,8,11-12H,4-5,7H2. The molecule has 2 N–H and O–H groups in total. The lowest BCUT2D eigenvalue weighted by Gasteiger charge is -2.53. The number of rotatable bonds is 1. The first-order valence-electron chi connectivity index (χ1n) is 4.17. The van der Waals surface area contributed by atoms with Gasteiger partial charge in [0.1, 0.15) is 0 Å². The lowest BCUT2D eigenvalue weighted by Crippen LogP contribution is -2.63. The maximum absolute atomic E-state index is 9.90. The molecule has 0 spiro atoms. The van der Waals surface area contributed by atoms with Gasteiger partial charge in [-0.25, -0.2) is 0 Å². The number of hydrogen-bond donors (Lipinski definition) is 2. The molecule has 0 heterocycles. The molecule has 2 aliphatic carbocycles. The molecule has 1 fully saturated rings. The van der Waals surface area contributed by atoms with Crippen molar-refractivity contribution in [3.05, 3.63) is 12.2 Å². The van der Waals surface area contributed by atoms with Crippen LogP contribution < -0.4 is 0 Å². The van der Waals surface area contributed by atoms with E-state index in [4.69, 9.17) is 6.42 Å². The minimum absolute atomic E-state index is 0.0685. The minimum atomic E-state index is -0.812. The summed E-state index contributed by atoms with van der Waals surface area (Å²) in [7, 11) is 0. The number of hydrogen-bond acceptors (Lipinski definition) is 2. The van der Waals surface area contributed by atoms with Gasteiger partial charge < -0.3 is 10.2 Å². The van der Waals surface area contributed by atoms with E-state index in [0.29, 0.717) is 12.8 Å². The molecule has 12 heavy (non-hydrogen) atoms. The van der Waals surface area contributed by atoms with Crippen molar-refractivity contribution in [2.45, 2.75) is 30.5 Å². The van der Waals surface area contributed by atoms with E-state index in [0.717, 1.165) is 6.42 Å². The van der Waals surface area contributed by atoms with E-state index in [1.54, 1.807) is 6.08 Å². The van der Waals surface area contributed by atoms with Crippen LogP contribution in [0, 0.1) is 18.3 Å². The molecule has 0 radical (unpaired) electrons. The summed E-state index contributed by atoms with van der Waals surface area (Å²) in [6.45, 7) is 0. The van der Waals surface area contributed by atoms with Crippen LogP contribution in [0.1, 0.15) is 19.3 Å². The van der Waals surface area contributed by atoms with E-state index in [1.165, 1.54) is 0 Å². The predicted molar refractivity (Wildman–Crippen MR) is 45.2 cm³/mol. The first kappa shape index (κ1) is 7.85. The molecule has 1 saturated carbocycles. The van der Waals surface area contributed by atoms with Gasteiger partial charge >= 0.3 is 0 Å². The van der Waals surface area contributed by atoms with Crippen molar-refractivity contribution in [3.63, 3.8) is 0 Å². The van der Waals surface area contributed by atoms with Gasteiger partial charge in [0.2, 0.25) is 0 Å². The number of fused-ring (bicyclic) bond motifs is 1. The van der Waals surface area contributed by atoms with Crippen LogP contribution in [0.25, 0.3) is 0 Å². The molecule has 2 heteroatoms. The number of allylic oxidation sites excluding steroid dienone is 1. The quantitative estimate of drug-likeness (QED) is 0.436. The van der Waals surface area contributed by atoms with Crippen LogP contribution in [-0.2, 0) is 0 Å². The zero-order valence-electron chi connectivity index (χ0n) is 6.83. The smallest absolute Gasteiger partial charge is 0.0914 e. The molecular weight excluding hydrogens is 152 g/mol. The summed E-state index contributed by atoms with van der Waals surface area (Å²) in [6, 6.07) is 0. The molecule has 64 valence electrons. The molecule has 0 bridgehead atoms. The third-order valence-corrected chi connectivity index (χ3v) is 3.03. The van der Waals surface area contributed by atoms with Crippen molar-refractivity contribution in [3.8, 4) is 12.3 Å². The third-order valence-electron chi connectivity index (χ3n) is 3.03. The Morgan fingerprint density at radius 2 is 2.33 bits per heavy atom. The second-order valence-corrected chi connectivity index (χ2v) is 3.84. The lowest BCUT2D eigenvalue weighted by molar-refractivity contribution is -0.203. The van der Waals surface area contributed by atoms with Gasteiger partial charge in [0.15, 0.2) is 0 Å². The van der Waals surface area contributed by atoms with Crippen molar-refractivity contribution < 1.29 is 10.2 Å². The molecule has 0 aromatic carbocycles. The van der Waals surface area contributed by atoms with Crippen LogP contribution in [-0.4, -0.2) is 21.4 Å². The van der Waals surface area contributed by atoms with Gasteiger partial charge in [-0.3, -0.25) is 0 Å². The Kier molecular flexibility index (Phi) is 1.39. The van der Waals surface area contributed by atoms with E-state index in [9.17, 15) is 10.2 Å². The fourth-order valence-corrected chi connectivity index (χ4v) is 2.44. The van der Waals surface area contributed by atoms with Gasteiger partial charge in [0, 0.05) is 18.8 Å². The van der Waals surface area contributed by atoms with E-state index in [1.807, 2.05) is 6.08 Å². The molecule has 2 rings (SSSR count). The van der Waals surface area contributed by atoms with Crippen molar-refractivity contribution in [2.24, 2.45) is 5.92 Å². The zero-order valence-corrected chi connectivity index (χ0v) is 6.83. The molecule has 0 aromatic rings. The normalized spacial score (nSPS) is 49.6. The molecule has 0 amide bonds. The Bertz CT molecular complexity index is 276. The third kappa shape index (κ3) is 0.782. The van der Waals surface area contributed by atoms with Crippen LogP contribution in [0.15, 0.2) is 12.2 Å². The summed E-state index contributed by atoms with van der Waals surface area (Å²) in [5.74, 6) is 2.38. The summed E-state index contributed by atoms with van der Waals surface area (Å²) in [4.78, 5) is 0. The van der Waals surface area contributed by atoms with Crippen molar-refractivity contribution in [1.29, 1.82) is 0 Å². The molecule has 3 unspecified atom stereocenters. The van der Waals surface area contributed by atoms with E-state index in [-0.39, 0.29) is 5.92 Å². The molecule has 2 nitrogen and oxygen atoms in total. The van der Waals surface area contributed by atoms with Crippen LogP contribution in [0.5, 0.6) is 0 Å². The highest BCUT2D eigenvalue weighted by molar-refractivity contribution is 5.28. The van der Waals surface area contributed by atoms with Crippen molar-refractivity contribution in [2.75, 3.05) is 0 Å². The Morgan fingerprint density at radius 3 is 2.92 bits per heavy atom. The number of aliphatic hydroxyl groups is 2. The first-order valence-corrected chi connectivity index (χ1v) is 4.17. The molecule has 2 aliphatic rings. The van der Waals surface area contributed by atoms with Gasteiger partial charge in [-0.15, -0.1) is 12.3 Å². The fraction of sp³-hybridized carbons (Fsp3) is 0.600. The monoisotopic (exact) mass is 164 g/mol. The predicted octanol–water partition coefficient (Wildman–Crippen LogP) is 0.452. The Balaban J connectivity index is 2.15. The van der Waals surface area contributed by atoms with Crippen molar-refractivity contribution in [1.82, 2.24) is 0 Å². The second kappa shape index (κ2) is 2.12. The summed E-state index contributed by atoms with van der Waals surface area (Å²) >= 11 is 0. The number of terminal acetylenes is 1. The van der Waals surface area contributed by atoms with Crippen LogP contribution in [0.2, 0.25) is 0 Å².